The molecule has 0 spiro atoms. The molecule has 1 fully saturated rings. The fourth-order valence-corrected chi connectivity index (χ4v) is 2.89. The van der Waals surface area contributed by atoms with Crippen LogP contribution in [-0.4, -0.2) is 41.4 Å². The first kappa shape index (κ1) is 16.0. The number of amides is 1. The van der Waals surface area contributed by atoms with E-state index in [4.69, 9.17) is 4.42 Å². The molecule has 0 unspecified atom stereocenters. The summed E-state index contributed by atoms with van der Waals surface area (Å²) in [7, 11) is 0. The van der Waals surface area contributed by atoms with Gasteiger partial charge in [0.25, 0.3) is 11.6 Å². The maximum atomic E-state index is 14.2. The molecule has 1 aliphatic rings. The molecular formula is C16H16FN3O4. The lowest BCUT2D eigenvalue weighted by atomic mass is 10.1. The van der Waals surface area contributed by atoms with Gasteiger partial charge in [0.05, 0.1) is 22.9 Å². The second-order valence-corrected chi connectivity index (χ2v) is 5.66. The van der Waals surface area contributed by atoms with Gasteiger partial charge in [-0.15, -0.1) is 0 Å². The van der Waals surface area contributed by atoms with Crippen molar-refractivity contribution in [3.8, 4) is 0 Å². The van der Waals surface area contributed by atoms with Gasteiger partial charge in [0.15, 0.2) is 11.6 Å². The predicted molar refractivity (Wildman–Crippen MR) is 84.5 cm³/mol. The van der Waals surface area contributed by atoms with Gasteiger partial charge in [-0.2, -0.15) is 0 Å². The van der Waals surface area contributed by atoms with Crippen LogP contribution in [0.1, 0.15) is 17.5 Å². The van der Waals surface area contributed by atoms with E-state index in [0.29, 0.717) is 25.3 Å². The monoisotopic (exact) mass is 333 g/mol. The highest BCUT2D eigenvalue weighted by Crippen LogP contribution is 2.26. The van der Waals surface area contributed by atoms with Gasteiger partial charge in [0.1, 0.15) is 0 Å². The number of carbonyl (C=O) groups is 1. The van der Waals surface area contributed by atoms with E-state index in [0.717, 1.165) is 6.07 Å². The summed E-state index contributed by atoms with van der Waals surface area (Å²) in [4.78, 5) is 25.9. The highest BCUT2D eigenvalue weighted by Gasteiger charge is 2.30. The van der Waals surface area contributed by atoms with Crippen LogP contribution in [0.15, 0.2) is 41.0 Å². The topological polar surface area (TPSA) is 79.8 Å². The van der Waals surface area contributed by atoms with E-state index in [1.54, 1.807) is 21.9 Å². The van der Waals surface area contributed by atoms with E-state index in [2.05, 4.69) is 0 Å². The van der Waals surface area contributed by atoms with Crippen LogP contribution in [0.4, 0.5) is 15.8 Å². The Morgan fingerprint density at radius 2 is 2.17 bits per heavy atom. The number of piperazine rings is 1. The number of hydrogen-bond acceptors (Lipinski definition) is 5. The number of hydrogen-bond donors (Lipinski definition) is 0. The van der Waals surface area contributed by atoms with Gasteiger partial charge in [-0.25, -0.2) is 4.39 Å². The Balaban J connectivity index is 1.74. The van der Waals surface area contributed by atoms with Gasteiger partial charge in [-0.3, -0.25) is 14.9 Å². The fraction of sp³-hybridized carbons (Fsp3) is 0.312. The lowest BCUT2D eigenvalue weighted by molar-refractivity contribution is -0.385. The highest BCUT2D eigenvalue weighted by molar-refractivity contribution is 5.91. The smallest absolute Gasteiger partial charge is 0.289 e. The largest absolute Gasteiger partial charge is 0.459 e. The van der Waals surface area contributed by atoms with Crippen molar-refractivity contribution in [1.29, 1.82) is 0 Å². The molecule has 1 aromatic heterocycles. The number of non-ortho nitro benzene ring substituents is 1. The molecule has 1 amide bonds. The molecule has 24 heavy (non-hydrogen) atoms. The number of furan rings is 1. The predicted octanol–water partition coefficient (Wildman–Crippen LogP) is 2.68. The molecule has 0 radical (unpaired) electrons. The second kappa shape index (κ2) is 6.31. The van der Waals surface area contributed by atoms with Crippen molar-refractivity contribution >= 4 is 17.3 Å². The molecule has 0 bridgehead atoms. The number of halogens is 1. The highest BCUT2D eigenvalue weighted by atomic mass is 19.1. The molecule has 0 N–H and O–H groups in total. The Bertz CT molecular complexity index is 763. The standard InChI is InChI=1S/C16H16FN3O4/c1-11-10-18(14-5-4-12(20(22)23)9-13(14)17)6-7-19(11)16(21)15-3-2-8-24-15/h2-5,8-9,11H,6-7,10H2,1H3/t11-/m0/s1. The summed E-state index contributed by atoms with van der Waals surface area (Å²) in [6, 6.07) is 6.72. The molecule has 1 aliphatic heterocycles. The maximum absolute atomic E-state index is 14.2. The van der Waals surface area contributed by atoms with Crippen molar-refractivity contribution in [1.82, 2.24) is 4.90 Å². The molecule has 7 nitrogen and oxygen atoms in total. The number of benzene rings is 1. The van der Waals surface area contributed by atoms with Gasteiger partial charge in [-0.1, -0.05) is 0 Å². The Labute approximate surface area is 137 Å². The van der Waals surface area contributed by atoms with Crippen LogP contribution >= 0.6 is 0 Å². The summed E-state index contributed by atoms with van der Waals surface area (Å²) in [5.41, 5.74) is 0.0217. The molecule has 3 rings (SSSR count). The molecule has 1 aromatic carbocycles. The zero-order valence-electron chi connectivity index (χ0n) is 13.0. The zero-order valence-corrected chi connectivity index (χ0v) is 13.0. The van der Waals surface area contributed by atoms with Crippen molar-refractivity contribution in [2.24, 2.45) is 0 Å². The van der Waals surface area contributed by atoms with Gasteiger partial charge < -0.3 is 14.2 Å². The SMILES string of the molecule is C[C@H]1CN(c2ccc([N+](=O)[O-])cc2F)CCN1C(=O)c1ccco1. The van der Waals surface area contributed by atoms with E-state index in [1.807, 2.05) is 6.92 Å². The minimum absolute atomic E-state index is 0.147. The Kier molecular flexibility index (Phi) is 4.20. The van der Waals surface area contributed by atoms with Crippen molar-refractivity contribution in [2.45, 2.75) is 13.0 Å². The van der Waals surface area contributed by atoms with Crippen molar-refractivity contribution in [3.05, 3.63) is 58.3 Å². The van der Waals surface area contributed by atoms with Gasteiger partial charge in [0, 0.05) is 31.7 Å². The normalized spacial score (nSPS) is 17.8. The first-order valence-corrected chi connectivity index (χ1v) is 7.50. The summed E-state index contributed by atoms with van der Waals surface area (Å²) in [5.74, 6) is -0.560. The van der Waals surface area contributed by atoms with Crippen LogP contribution < -0.4 is 4.90 Å². The third kappa shape index (κ3) is 2.94. The van der Waals surface area contributed by atoms with E-state index in [-0.39, 0.29) is 23.4 Å². The quantitative estimate of drug-likeness (QED) is 0.637. The van der Waals surface area contributed by atoms with Crippen molar-refractivity contribution in [3.63, 3.8) is 0 Å². The molecule has 1 saturated heterocycles. The minimum atomic E-state index is -0.637. The van der Waals surface area contributed by atoms with Crippen LogP contribution in [0.2, 0.25) is 0 Å². The third-order valence-corrected chi connectivity index (χ3v) is 4.10. The zero-order chi connectivity index (χ0) is 17.3. The van der Waals surface area contributed by atoms with E-state index >= 15 is 0 Å². The molecule has 2 heterocycles. The first-order chi connectivity index (χ1) is 11.5. The number of anilines is 1. The van der Waals surface area contributed by atoms with Gasteiger partial charge >= 0.3 is 0 Å². The van der Waals surface area contributed by atoms with Gasteiger partial charge in [0.2, 0.25) is 0 Å². The minimum Gasteiger partial charge on any atom is -0.459 e. The van der Waals surface area contributed by atoms with Crippen LogP contribution in [0.25, 0.3) is 0 Å². The van der Waals surface area contributed by atoms with Crippen LogP contribution in [0.5, 0.6) is 0 Å². The van der Waals surface area contributed by atoms with Crippen LogP contribution in [0.3, 0.4) is 0 Å². The molecule has 126 valence electrons. The lowest BCUT2D eigenvalue weighted by Gasteiger charge is -2.40. The summed E-state index contributed by atoms with van der Waals surface area (Å²) in [6.07, 6.45) is 1.44. The number of nitrogens with zero attached hydrogens (tertiary/aromatic N) is 3. The summed E-state index contributed by atoms with van der Waals surface area (Å²) in [6.45, 7) is 3.15. The Hall–Kier alpha value is -2.90. The number of nitro benzene ring substituents is 1. The third-order valence-electron chi connectivity index (χ3n) is 4.10. The van der Waals surface area contributed by atoms with Crippen molar-refractivity contribution < 1.29 is 18.5 Å². The number of carbonyl (C=O) groups excluding carboxylic acids is 1. The van der Waals surface area contributed by atoms with Crippen LogP contribution in [0, 0.1) is 15.9 Å². The number of rotatable bonds is 3. The first-order valence-electron chi connectivity index (χ1n) is 7.50. The second-order valence-electron chi connectivity index (χ2n) is 5.66. The molecule has 2 aromatic rings. The fourth-order valence-electron chi connectivity index (χ4n) is 2.89. The number of nitro groups is 1. The summed E-state index contributed by atoms with van der Waals surface area (Å²) in [5, 5.41) is 10.7. The summed E-state index contributed by atoms with van der Waals surface area (Å²) < 4.78 is 19.3. The van der Waals surface area contributed by atoms with Crippen molar-refractivity contribution in [2.75, 3.05) is 24.5 Å². The Morgan fingerprint density at radius 3 is 2.75 bits per heavy atom. The molecule has 8 heteroatoms. The maximum Gasteiger partial charge on any atom is 0.289 e. The van der Waals surface area contributed by atoms with Gasteiger partial charge in [-0.05, 0) is 25.1 Å². The lowest BCUT2D eigenvalue weighted by Crippen LogP contribution is -2.54. The van der Waals surface area contributed by atoms with E-state index in [9.17, 15) is 19.3 Å². The van der Waals surface area contributed by atoms with E-state index < -0.39 is 10.7 Å². The average molecular weight is 333 g/mol. The molecular weight excluding hydrogens is 317 g/mol. The average Bonchev–Trinajstić information content (AvgIpc) is 3.08. The Morgan fingerprint density at radius 1 is 1.38 bits per heavy atom. The molecule has 0 aliphatic carbocycles. The van der Waals surface area contributed by atoms with Crippen LogP contribution in [-0.2, 0) is 0 Å². The molecule has 1 atom stereocenters. The summed E-state index contributed by atoms with van der Waals surface area (Å²) >= 11 is 0. The molecule has 0 saturated carbocycles. The van der Waals surface area contributed by atoms with E-state index in [1.165, 1.54) is 18.4 Å².